The van der Waals surface area contributed by atoms with E-state index in [4.69, 9.17) is 11.6 Å². The summed E-state index contributed by atoms with van der Waals surface area (Å²) in [6.45, 7) is 3.83. The minimum atomic E-state index is -0.686. The highest BCUT2D eigenvalue weighted by Gasteiger charge is 2.39. The van der Waals surface area contributed by atoms with E-state index in [0.717, 1.165) is 12.8 Å². The number of aromatic nitrogens is 1. The minimum absolute atomic E-state index is 0.0567. The quantitative estimate of drug-likeness (QED) is 0.523. The maximum atomic E-state index is 12.2. The molecule has 1 amide bonds. The summed E-state index contributed by atoms with van der Waals surface area (Å²) in [6, 6.07) is 1.31. The van der Waals surface area contributed by atoms with Gasteiger partial charge in [0.1, 0.15) is 5.56 Å². The number of carbonyl (C=O) groups is 1. The molecule has 6 nitrogen and oxygen atoms in total. The van der Waals surface area contributed by atoms with Crippen LogP contribution < -0.4 is 5.32 Å². The van der Waals surface area contributed by atoms with E-state index in [0.29, 0.717) is 5.92 Å². The second-order valence-electron chi connectivity index (χ2n) is 5.21. The van der Waals surface area contributed by atoms with Gasteiger partial charge < -0.3 is 5.32 Å². The van der Waals surface area contributed by atoms with Gasteiger partial charge in [-0.3, -0.25) is 14.9 Å². The van der Waals surface area contributed by atoms with Gasteiger partial charge in [0.25, 0.3) is 5.91 Å². The summed E-state index contributed by atoms with van der Waals surface area (Å²) in [5.74, 6) is -0.0688. The van der Waals surface area contributed by atoms with Crippen molar-refractivity contribution >= 4 is 23.2 Å². The lowest BCUT2D eigenvalue weighted by molar-refractivity contribution is -0.385. The SMILES string of the molecule is CC(C)(NC(=O)c1ccnc(Cl)c1[N+](=O)[O-])C1CC1. The van der Waals surface area contributed by atoms with Crippen molar-refractivity contribution < 1.29 is 9.72 Å². The number of halogens is 1. The number of carbonyl (C=O) groups excluding carboxylic acids is 1. The van der Waals surface area contributed by atoms with Gasteiger partial charge in [0.15, 0.2) is 0 Å². The molecule has 1 aliphatic rings. The first-order valence-corrected chi connectivity index (χ1v) is 6.32. The Kier molecular flexibility index (Phi) is 3.45. The zero-order chi connectivity index (χ0) is 14.2. The number of nitro groups is 1. The van der Waals surface area contributed by atoms with Crippen molar-refractivity contribution in [3.63, 3.8) is 0 Å². The Morgan fingerprint density at radius 2 is 2.21 bits per heavy atom. The van der Waals surface area contributed by atoms with Crippen LogP contribution in [0.4, 0.5) is 5.69 Å². The molecule has 0 atom stereocenters. The monoisotopic (exact) mass is 283 g/mol. The average molecular weight is 284 g/mol. The first-order valence-electron chi connectivity index (χ1n) is 5.94. The molecule has 19 heavy (non-hydrogen) atoms. The summed E-state index contributed by atoms with van der Waals surface area (Å²) in [7, 11) is 0. The van der Waals surface area contributed by atoms with Crippen LogP contribution in [0.1, 0.15) is 37.0 Å². The number of hydrogen-bond donors (Lipinski definition) is 1. The van der Waals surface area contributed by atoms with E-state index in [1.54, 1.807) is 0 Å². The van der Waals surface area contributed by atoms with Gasteiger partial charge >= 0.3 is 5.69 Å². The van der Waals surface area contributed by atoms with Crippen LogP contribution in [0.15, 0.2) is 12.3 Å². The molecule has 1 aliphatic carbocycles. The van der Waals surface area contributed by atoms with E-state index >= 15 is 0 Å². The largest absolute Gasteiger partial charge is 0.347 e. The number of pyridine rings is 1. The summed E-state index contributed by atoms with van der Waals surface area (Å²) >= 11 is 5.68. The van der Waals surface area contributed by atoms with Crippen molar-refractivity contribution in [2.45, 2.75) is 32.2 Å². The Hall–Kier alpha value is -1.69. The summed E-state index contributed by atoms with van der Waals surface area (Å²) in [5.41, 5.74) is -0.882. The van der Waals surface area contributed by atoms with Gasteiger partial charge in [0.2, 0.25) is 5.15 Å². The molecule has 1 fully saturated rings. The number of rotatable bonds is 4. The van der Waals surface area contributed by atoms with Crippen molar-refractivity contribution in [3.8, 4) is 0 Å². The Morgan fingerprint density at radius 3 is 2.74 bits per heavy atom. The standard InChI is InChI=1S/C12H14ClN3O3/c1-12(2,7-3-4-7)15-11(17)8-5-6-14-10(13)9(8)16(18)19/h5-7H,3-4H2,1-2H3,(H,15,17). The third-order valence-corrected chi connectivity index (χ3v) is 3.62. The molecule has 1 aromatic rings. The normalized spacial score (nSPS) is 15.1. The fourth-order valence-electron chi connectivity index (χ4n) is 2.05. The van der Waals surface area contributed by atoms with Crippen LogP contribution in [-0.4, -0.2) is 21.4 Å². The van der Waals surface area contributed by atoms with Gasteiger partial charge in [-0.1, -0.05) is 11.6 Å². The molecule has 0 unspecified atom stereocenters. The molecule has 0 radical (unpaired) electrons. The number of nitrogens with one attached hydrogen (secondary N) is 1. The van der Waals surface area contributed by atoms with Gasteiger partial charge in [0, 0.05) is 11.7 Å². The maximum absolute atomic E-state index is 12.2. The van der Waals surface area contributed by atoms with E-state index in [2.05, 4.69) is 10.3 Å². The van der Waals surface area contributed by atoms with Gasteiger partial charge in [0.05, 0.1) is 4.92 Å². The van der Waals surface area contributed by atoms with E-state index in [1.807, 2.05) is 13.8 Å². The van der Waals surface area contributed by atoms with Gasteiger partial charge in [-0.15, -0.1) is 0 Å². The molecular formula is C12H14ClN3O3. The zero-order valence-electron chi connectivity index (χ0n) is 10.6. The molecule has 0 bridgehead atoms. The smallest absolute Gasteiger partial charge is 0.319 e. The van der Waals surface area contributed by atoms with Crippen LogP contribution in [0.5, 0.6) is 0 Å². The molecule has 1 N–H and O–H groups in total. The number of nitrogens with zero attached hydrogens (tertiary/aromatic N) is 2. The van der Waals surface area contributed by atoms with Crippen molar-refractivity contribution in [1.29, 1.82) is 0 Å². The fraction of sp³-hybridized carbons (Fsp3) is 0.500. The number of hydrogen-bond acceptors (Lipinski definition) is 4. The summed E-state index contributed by atoms with van der Waals surface area (Å²) in [5, 5.41) is 13.5. The summed E-state index contributed by atoms with van der Waals surface area (Å²) < 4.78 is 0. The van der Waals surface area contributed by atoms with Crippen molar-refractivity contribution in [3.05, 3.63) is 33.1 Å². The van der Waals surface area contributed by atoms with E-state index in [9.17, 15) is 14.9 Å². The van der Waals surface area contributed by atoms with Crippen LogP contribution in [0.25, 0.3) is 0 Å². The highest BCUT2D eigenvalue weighted by atomic mass is 35.5. The van der Waals surface area contributed by atoms with Gasteiger partial charge in [-0.25, -0.2) is 4.98 Å². The topological polar surface area (TPSA) is 85.1 Å². The zero-order valence-corrected chi connectivity index (χ0v) is 11.4. The first-order chi connectivity index (χ1) is 8.83. The lowest BCUT2D eigenvalue weighted by Crippen LogP contribution is -2.45. The molecule has 1 heterocycles. The molecule has 0 saturated heterocycles. The lowest BCUT2D eigenvalue weighted by Gasteiger charge is -2.26. The summed E-state index contributed by atoms with van der Waals surface area (Å²) in [6.07, 6.45) is 3.41. The van der Waals surface area contributed by atoms with Crippen LogP contribution >= 0.6 is 11.6 Å². The predicted octanol–water partition coefficient (Wildman–Crippen LogP) is 2.56. The van der Waals surface area contributed by atoms with Crippen LogP contribution in [0.3, 0.4) is 0 Å². The minimum Gasteiger partial charge on any atom is -0.347 e. The Morgan fingerprint density at radius 1 is 1.58 bits per heavy atom. The van der Waals surface area contributed by atoms with Crippen LogP contribution in [-0.2, 0) is 0 Å². The third-order valence-electron chi connectivity index (χ3n) is 3.34. The molecule has 0 spiro atoms. The third kappa shape index (κ3) is 2.84. The Balaban J connectivity index is 2.29. The first kappa shape index (κ1) is 13.7. The Bertz CT molecular complexity index is 541. The molecule has 0 aromatic carbocycles. The fourth-order valence-corrected chi connectivity index (χ4v) is 2.28. The van der Waals surface area contributed by atoms with Crippen LogP contribution in [0, 0.1) is 16.0 Å². The van der Waals surface area contributed by atoms with Gasteiger partial charge in [-0.2, -0.15) is 0 Å². The van der Waals surface area contributed by atoms with Crippen molar-refractivity contribution in [2.75, 3.05) is 0 Å². The second-order valence-corrected chi connectivity index (χ2v) is 5.56. The molecule has 102 valence electrons. The van der Waals surface area contributed by atoms with Crippen molar-refractivity contribution in [1.82, 2.24) is 10.3 Å². The highest BCUT2D eigenvalue weighted by molar-refractivity contribution is 6.32. The molecule has 1 aromatic heterocycles. The van der Waals surface area contributed by atoms with E-state index < -0.39 is 16.5 Å². The highest BCUT2D eigenvalue weighted by Crippen LogP contribution is 2.39. The number of amides is 1. The molecule has 2 rings (SSSR count). The van der Waals surface area contributed by atoms with Crippen molar-refractivity contribution in [2.24, 2.45) is 5.92 Å². The molecule has 0 aliphatic heterocycles. The maximum Gasteiger partial charge on any atom is 0.319 e. The van der Waals surface area contributed by atoms with E-state index in [1.165, 1.54) is 12.3 Å². The molecule has 7 heteroatoms. The lowest BCUT2D eigenvalue weighted by atomic mass is 9.98. The predicted molar refractivity (Wildman–Crippen MR) is 70.2 cm³/mol. The van der Waals surface area contributed by atoms with Gasteiger partial charge in [-0.05, 0) is 38.7 Å². The summed E-state index contributed by atoms with van der Waals surface area (Å²) in [4.78, 5) is 26.1. The molecule has 1 saturated carbocycles. The van der Waals surface area contributed by atoms with E-state index in [-0.39, 0.29) is 16.3 Å². The second kappa shape index (κ2) is 4.77. The average Bonchev–Trinajstić information content (AvgIpc) is 3.11. The molecular weight excluding hydrogens is 270 g/mol. The van der Waals surface area contributed by atoms with Crippen LogP contribution in [0.2, 0.25) is 5.15 Å². The Labute approximate surface area is 115 Å².